The molecule has 0 saturated heterocycles. The monoisotopic (exact) mass is 372 g/mol. The number of carboxylic acids is 1. The van der Waals surface area contributed by atoms with E-state index in [0.717, 1.165) is 4.90 Å². The summed E-state index contributed by atoms with van der Waals surface area (Å²) in [6.07, 6.45) is 0. The Morgan fingerprint density at radius 1 is 1.13 bits per heavy atom. The molecule has 0 aliphatic carbocycles. The van der Waals surface area contributed by atoms with Gasteiger partial charge in [0.1, 0.15) is 11.3 Å². The van der Waals surface area contributed by atoms with Crippen molar-refractivity contribution in [3.05, 3.63) is 60.2 Å². The van der Waals surface area contributed by atoms with Crippen LogP contribution in [0.2, 0.25) is 0 Å². The molecule has 122 valence electrons. The summed E-state index contributed by atoms with van der Waals surface area (Å²) in [4.78, 5) is 12.5. The zero-order valence-electron chi connectivity index (χ0n) is 12.1. The SMILES string of the molecule is COc1ccc([C@H](Cl)N(c2ccccc2)C(Cl)(Cl)C(=O)[O-])cc1. The molecule has 23 heavy (non-hydrogen) atoms. The molecule has 0 aromatic heterocycles. The second-order valence-corrected chi connectivity index (χ2v) is 6.34. The second kappa shape index (κ2) is 7.30. The maximum Gasteiger partial charge on any atom is 0.232 e. The largest absolute Gasteiger partial charge is 0.545 e. The first-order valence-corrected chi connectivity index (χ1v) is 7.79. The van der Waals surface area contributed by atoms with E-state index in [1.165, 1.54) is 0 Å². The highest BCUT2D eigenvalue weighted by molar-refractivity contribution is 6.58. The van der Waals surface area contributed by atoms with Crippen LogP contribution in [-0.4, -0.2) is 17.5 Å². The number of carbonyl (C=O) groups is 1. The van der Waals surface area contributed by atoms with Crippen LogP contribution in [0, 0.1) is 0 Å². The Labute approximate surface area is 149 Å². The fourth-order valence-electron chi connectivity index (χ4n) is 2.03. The molecule has 0 aliphatic heterocycles. The molecule has 4 nitrogen and oxygen atoms in total. The van der Waals surface area contributed by atoms with Crippen LogP contribution in [0.1, 0.15) is 11.1 Å². The van der Waals surface area contributed by atoms with Gasteiger partial charge in [0, 0.05) is 5.69 Å². The average molecular weight is 374 g/mol. The standard InChI is InChI=1S/C16H14Cl3NO3/c1-23-13-9-7-11(8-10-13)14(17)20(16(18,19)15(21)22)12-5-3-2-4-6-12/h2-10,14H,1H3,(H,21,22)/p-1/t14-/m1/s1. The van der Waals surface area contributed by atoms with Crippen molar-refractivity contribution >= 4 is 46.5 Å². The van der Waals surface area contributed by atoms with Gasteiger partial charge in [0.2, 0.25) is 4.46 Å². The maximum atomic E-state index is 11.4. The lowest BCUT2D eigenvalue weighted by molar-refractivity contribution is -0.306. The summed E-state index contributed by atoms with van der Waals surface area (Å²) < 4.78 is 2.75. The van der Waals surface area contributed by atoms with Crippen LogP contribution in [-0.2, 0) is 4.79 Å². The average Bonchev–Trinajstić information content (AvgIpc) is 2.55. The first-order chi connectivity index (χ1) is 10.9. The summed E-state index contributed by atoms with van der Waals surface area (Å²) in [6, 6.07) is 15.3. The number of rotatable bonds is 6. The molecule has 0 unspecified atom stereocenters. The van der Waals surface area contributed by atoms with Crippen molar-refractivity contribution in [2.45, 2.75) is 9.96 Å². The Morgan fingerprint density at radius 2 is 1.70 bits per heavy atom. The number of anilines is 1. The number of nitrogens with zero attached hydrogens (tertiary/aromatic N) is 1. The summed E-state index contributed by atoms with van der Waals surface area (Å²) >= 11 is 18.4. The van der Waals surface area contributed by atoms with Gasteiger partial charge in [0.15, 0.2) is 0 Å². The van der Waals surface area contributed by atoms with Crippen molar-refractivity contribution in [1.29, 1.82) is 0 Å². The number of hydrogen-bond acceptors (Lipinski definition) is 4. The zero-order valence-corrected chi connectivity index (χ0v) is 14.3. The third-order valence-corrected chi connectivity index (χ3v) is 4.32. The minimum absolute atomic E-state index is 0.442. The van der Waals surface area contributed by atoms with Crippen LogP contribution in [0.25, 0.3) is 0 Å². The van der Waals surface area contributed by atoms with Crippen LogP contribution in [0.5, 0.6) is 5.75 Å². The summed E-state index contributed by atoms with van der Waals surface area (Å²) in [6.45, 7) is 0. The summed E-state index contributed by atoms with van der Waals surface area (Å²) in [5.74, 6) is -1.02. The Bertz CT molecular complexity index is 662. The molecule has 0 bridgehead atoms. The van der Waals surface area contributed by atoms with Gasteiger partial charge in [-0.2, -0.15) is 0 Å². The van der Waals surface area contributed by atoms with Gasteiger partial charge in [-0.15, -0.1) is 0 Å². The molecule has 2 aromatic rings. The smallest absolute Gasteiger partial charge is 0.232 e. The van der Waals surface area contributed by atoms with Crippen LogP contribution in [0.4, 0.5) is 5.69 Å². The Hall–Kier alpha value is -1.62. The maximum absolute atomic E-state index is 11.4. The number of para-hydroxylation sites is 1. The Kier molecular flexibility index (Phi) is 5.63. The molecular weight excluding hydrogens is 361 g/mol. The number of methoxy groups -OCH3 is 1. The quantitative estimate of drug-likeness (QED) is 0.576. The Morgan fingerprint density at radius 3 is 2.17 bits per heavy atom. The molecule has 1 atom stereocenters. The van der Waals surface area contributed by atoms with Crippen LogP contribution in [0.15, 0.2) is 54.6 Å². The number of benzene rings is 2. The third-order valence-electron chi connectivity index (χ3n) is 3.20. The van der Waals surface area contributed by atoms with Gasteiger partial charge in [-0.25, -0.2) is 0 Å². The molecule has 0 spiro atoms. The number of carbonyl (C=O) groups excluding carboxylic acids is 1. The summed E-state index contributed by atoms with van der Waals surface area (Å²) in [7, 11) is 1.54. The van der Waals surface area contributed by atoms with Gasteiger partial charge in [0.25, 0.3) is 0 Å². The highest BCUT2D eigenvalue weighted by Gasteiger charge is 2.39. The van der Waals surface area contributed by atoms with Gasteiger partial charge in [-0.1, -0.05) is 65.1 Å². The second-order valence-electron chi connectivity index (χ2n) is 4.64. The number of ether oxygens (including phenoxy) is 1. The van der Waals surface area contributed by atoms with E-state index >= 15 is 0 Å². The first-order valence-electron chi connectivity index (χ1n) is 6.59. The highest BCUT2D eigenvalue weighted by Crippen LogP contribution is 2.41. The zero-order chi connectivity index (χ0) is 17.0. The number of aliphatic carboxylic acids is 1. The lowest BCUT2D eigenvalue weighted by Gasteiger charge is -2.40. The predicted octanol–water partition coefficient (Wildman–Crippen LogP) is 3.32. The molecule has 0 aliphatic rings. The number of hydrogen-bond donors (Lipinski definition) is 0. The van der Waals surface area contributed by atoms with Crippen molar-refractivity contribution < 1.29 is 14.6 Å². The number of carboxylic acid groups (broad SMARTS) is 1. The fourth-order valence-corrected chi connectivity index (χ4v) is 2.93. The highest BCUT2D eigenvalue weighted by atomic mass is 35.5. The van der Waals surface area contributed by atoms with Crippen LogP contribution >= 0.6 is 34.8 Å². The molecule has 0 fully saturated rings. The first kappa shape index (κ1) is 17.7. The Balaban J connectivity index is 2.46. The normalized spacial score (nSPS) is 12.5. The van der Waals surface area contributed by atoms with E-state index in [0.29, 0.717) is 17.0 Å². The molecule has 0 heterocycles. The van der Waals surface area contributed by atoms with Crippen LogP contribution < -0.4 is 14.7 Å². The molecule has 0 amide bonds. The van der Waals surface area contributed by atoms with Crippen molar-refractivity contribution in [3.8, 4) is 5.75 Å². The summed E-state index contributed by atoms with van der Waals surface area (Å²) in [5.41, 5.74) is 0.108. The van der Waals surface area contributed by atoms with Crippen LogP contribution in [0.3, 0.4) is 0 Å². The van der Waals surface area contributed by atoms with Gasteiger partial charge >= 0.3 is 0 Å². The number of alkyl halides is 3. The van der Waals surface area contributed by atoms with Crippen molar-refractivity contribution in [2.75, 3.05) is 12.0 Å². The molecule has 7 heteroatoms. The van der Waals surface area contributed by atoms with E-state index in [1.54, 1.807) is 61.7 Å². The van der Waals surface area contributed by atoms with Gasteiger partial charge < -0.3 is 19.5 Å². The molecule has 0 N–H and O–H groups in total. The third kappa shape index (κ3) is 3.83. The lowest BCUT2D eigenvalue weighted by Crippen LogP contribution is -2.53. The molecule has 0 saturated carbocycles. The van der Waals surface area contributed by atoms with Gasteiger partial charge in [-0.05, 0) is 29.8 Å². The topological polar surface area (TPSA) is 52.6 Å². The van der Waals surface area contributed by atoms with E-state index in [9.17, 15) is 9.90 Å². The molecule has 0 radical (unpaired) electrons. The summed E-state index contributed by atoms with van der Waals surface area (Å²) in [5, 5.41) is 11.4. The lowest BCUT2D eigenvalue weighted by atomic mass is 10.1. The van der Waals surface area contributed by atoms with Crippen molar-refractivity contribution in [1.82, 2.24) is 0 Å². The van der Waals surface area contributed by atoms with Gasteiger partial charge in [0.05, 0.1) is 13.1 Å². The minimum atomic E-state index is -2.34. The van der Waals surface area contributed by atoms with E-state index in [4.69, 9.17) is 39.5 Å². The molecular formula is C16H13Cl3NO3-. The van der Waals surface area contributed by atoms with E-state index < -0.39 is 15.9 Å². The van der Waals surface area contributed by atoms with Gasteiger partial charge in [-0.3, -0.25) is 0 Å². The van der Waals surface area contributed by atoms with E-state index in [1.807, 2.05) is 0 Å². The predicted molar refractivity (Wildman–Crippen MR) is 90.0 cm³/mol. The molecule has 2 aromatic carbocycles. The minimum Gasteiger partial charge on any atom is -0.545 e. The fraction of sp³-hybridized carbons (Fsp3) is 0.188. The van der Waals surface area contributed by atoms with Crippen molar-refractivity contribution in [3.63, 3.8) is 0 Å². The van der Waals surface area contributed by atoms with E-state index in [-0.39, 0.29) is 0 Å². The molecule has 2 rings (SSSR count). The van der Waals surface area contributed by atoms with Crippen molar-refractivity contribution in [2.24, 2.45) is 0 Å². The number of halogens is 3. The van der Waals surface area contributed by atoms with E-state index in [2.05, 4.69) is 0 Å².